The van der Waals surface area contributed by atoms with Crippen LogP contribution in [0.5, 0.6) is 11.5 Å². The number of fused-ring (bicyclic) bond motifs is 1. The van der Waals surface area contributed by atoms with E-state index < -0.39 is 17.1 Å². The lowest BCUT2D eigenvalue weighted by Gasteiger charge is -2.06. The van der Waals surface area contributed by atoms with E-state index in [-0.39, 0.29) is 16.7 Å². The third-order valence-electron chi connectivity index (χ3n) is 2.94. The molecule has 0 saturated carbocycles. The van der Waals surface area contributed by atoms with E-state index in [1.54, 1.807) is 17.5 Å². The van der Waals surface area contributed by atoms with Crippen molar-refractivity contribution in [2.75, 3.05) is 0 Å². The lowest BCUT2D eigenvalue weighted by atomic mass is 10.1. The summed E-state index contributed by atoms with van der Waals surface area (Å²) in [6.07, 6.45) is 0. The van der Waals surface area contributed by atoms with Gasteiger partial charge in [-0.05, 0) is 29.6 Å². The summed E-state index contributed by atoms with van der Waals surface area (Å²) in [4.78, 5) is 27.1. The molecule has 0 fully saturated rings. The number of benzene rings is 1. The van der Waals surface area contributed by atoms with Gasteiger partial charge in [-0.3, -0.25) is 9.59 Å². The van der Waals surface area contributed by atoms with Crippen molar-refractivity contribution in [3.05, 3.63) is 56.5 Å². The Morgan fingerprint density at radius 2 is 2.00 bits per heavy atom. The van der Waals surface area contributed by atoms with E-state index in [0.29, 0.717) is 10.4 Å². The number of H-pyrrole nitrogens is 1. The summed E-state index contributed by atoms with van der Waals surface area (Å²) >= 11 is 1.19. The molecule has 0 unspecified atom stereocenters. The summed E-state index contributed by atoms with van der Waals surface area (Å²) in [5.74, 6) is -1.02. The number of hydrogen-bond acceptors (Lipinski definition) is 5. The Morgan fingerprint density at radius 1 is 1.20 bits per heavy atom. The quantitative estimate of drug-likeness (QED) is 0.630. The summed E-state index contributed by atoms with van der Waals surface area (Å²) in [7, 11) is 0. The van der Waals surface area contributed by atoms with Gasteiger partial charge in [0.15, 0.2) is 0 Å². The Balaban J connectivity index is 2.31. The number of pyridine rings is 1. The highest BCUT2D eigenvalue weighted by Crippen LogP contribution is 2.29. The van der Waals surface area contributed by atoms with E-state index in [0.717, 1.165) is 0 Å². The van der Waals surface area contributed by atoms with Crippen molar-refractivity contribution in [2.24, 2.45) is 0 Å². The van der Waals surface area contributed by atoms with Gasteiger partial charge in [0.1, 0.15) is 17.1 Å². The maximum absolute atomic E-state index is 12.2. The van der Waals surface area contributed by atoms with Crippen LogP contribution in [0.2, 0.25) is 0 Å². The number of aromatic amines is 1. The molecule has 0 saturated heterocycles. The van der Waals surface area contributed by atoms with Gasteiger partial charge in [0, 0.05) is 5.39 Å². The standard InChI is InChI=1S/C14H9NO4S/c16-7-3-4-9-8(6-7)12(17)11(14(19)15-9)13(18)10-2-1-5-20-10/h1-6,16H,(H2,15,17,19). The SMILES string of the molecule is O=C(c1cccs1)c1c(O)c2cc(O)ccc2[nH]c1=O. The van der Waals surface area contributed by atoms with E-state index in [9.17, 15) is 19.8 Å². The van der Waals surface area contributed by atoms with Crippen LogP contribution in [-0.2, 0) is 0 Å². The number of aromatic hydroxyl groups is 2. The number of hydrogen-bond donors (Lipinski definition) is 3. The van der Waals surface area contributed by atoms with Crippen LogP contribution in [0.1, 0.15) is 15.2 Å². The monoisotopic (exact) mass is 287 g/mol. The molecule has 3 N–H and O–H groups in total. The third kappa shape index (κ3) is 1.86. The van der Waals surface area contributed by atoms with Crippen molar-refractivity contribution < 1.29 is 15.0 Å². The molecule has 0 aliphatic rings. The predicted molar refractivity (Wildman–Crippen MR) is 75.6 cm³/mol. The first-order chi connectivity index (χ1) is 9.58. The number of phenolic OH excluding ortho intramolecular Hbond substituents is 1. The molecule has 0 aliphatic heterocycles. The van der Waals surface area contributed by atoms with Crippen molar-refractivity contribution in [3.63, 3.8) is 0 Å². The van der Waals surface area contributed by atoms with Gasteiger partial charge in [-0.15, -0.1) is 11.3 Å². The lowest BCUT2D eigenvalue weighted by molar-refractivity contribution is 0.103. The highest BCUT2D eigenvalue weighted by Gasteiger charge is 2.21. The highest BCUT2D eigenvalue weighted by molar-refractivity contribution is 7.12. The van der Waals surface area contributed by atoms with Crippen LogP contribution < -0.4 is 5.56 Å². The van der Waals surface area contributed by atoms with E-state index in [1.165, 1.54) is 29.5 Å². The topological polar surface area (TPSA) is 90.4 Å². The Bertz CT molecular complexity index is 865. The number of nitrogens with one attached hydrogen (secondary N) is 1. The van der Waals surface area contributed by atoms with Crippen LogP contribution in [0.15, 0.2) is 40.5 Å². The molecule has 6 heteroatoms. The number of phenols is 1. The van der Waals surface area contributed by atoms with E-state index in [2.05, 4.69) is 4.98 Å². The molecule has 0 radical (unpaired) electrons. The van der Waals surface area contributed by atoms with Gasteiger partial charge in [-0.2, -0.15) is 0 Å². The van der Waals surface area contributed by atoms with Crippen LogP contribution >= 0.6 is 11.3 Å². The van der Waals surface area contributed by atoms with E-state index in [1.807, 2.05) is 0 Å². The smallest absolute Gasteiger partial charge is 0.263 e. The fraction of sp³-hybridized carbons (Fsp3) is 0. The first-order valence-electron chi connectivity index (χ1n) is 5.74. The minimum atomic E-state index is -0.654. The molecule has 5 nitrogen and oxygen atoms in total. The number of aromatic nitrogens is 1. The van der Waals surface area contributed by atoms with Crippen LogP contribution in [0.4, 0.5) is 0 Å². The first-order valence-corrected chi connectivity index (χ1v) is 6.62. The maximum atomic E-state index is 12.2. The first kappa shape index (κ1) is 12.4. The minimum Gasteiger partial charge on any atom is -0.508 e. The lowest BCUT2D eigenvalue weighted by Crippen LogP contribution is -2.18. The number of ketones is 1. The third-order valence-corrected chi connectivity index (χ3v) is 3.81. The normalized spacial score (nSPS) is 10.8. The molecule has 2 aromatic heterocycles. The van der Waals surface area contributed by atoms with Crippen LogP contribution in [0.25, 0.3) is 10.9 Å². The zero-order valence-electron chi connectivity index (χ0n) is 10.1. The van der Waals surface area contributed by atoms with Gasteiger partial charge in [0.25, 0.3) is 5.56 Å². The Kier molecular flexibility index (Phi) is 2.80. The number of carbonyl (C=O) groups is 1. The molecular formula is C14H9NO4S. The Labute approximate surface area is 116 Å². The average Bonchev–Trinajstić information content (AvgIpc) is 2.93. The second-order valence-corrected chi connectivity index (χ2v) is 5.16. The number of carbonyl (C=O) groups excluding carboxylic acids is 1. The van der Waals surface area contributed by atoms with Crippen LogP contribution in [-0.4, -0.2) is 21.0 Å². The molecule has 20 heavy (non-hydrogen) atoms. The summed E-state index contributed by atoms with van der Waals surface area (Å²) in [5.41, 5.74) is -0.613. The molecule has 100 valence electrons. The van der Waals surface area contributed by atoms with Gasteiger partial charge in [0.2, 0.25) is 5.78 Å². The molecule has 1 aromatic carbocycles. The van der Waals surface area contributed by atoms with E-state index in [4.69, 9.17) is 0 Å². The molecule has 0 atom stereocenters. The maximum Gasteiger partial charge on any atom is 0.263 e. The predicted octanol–water partition coefficient (Wildman–Crippen LogP) is 2.23. The highest BCUT2D eigenvalue weighted by atomic mass is 32.1. The molecule has 0 spiro atoms. The van der Waals surface area contributed by atoms with Crippen molar-refractivity contribution in [2.45, 2.75) is 0 Å². The van der Waals surface area contributed by atoms with Crippen LogP contribution in [0, 0.1) is 0 Å². The molecule has 3 aromatic rings. The van der Waals surface area contributed by atoms with Gasteiger partial charge < -0.3 is 15.2 Å². The molecule has 0 aliphatic carbocycles. The number of rotatable bonds is 2. The van der Waals surface area contributed by atoms with Crippen molar-refractivity contribution >= 4 is 28.0 Å². The summed E-state index contributed by atoms with van der Waals surface area (Å²) < 4.78 is 0. The summed E-state index contributed by atoms with van der Waals surface area (Å²) in [6, 6.07) is 7.42. The molecule has 0 amide bonds. The summed E-state index contributed by atoms with van der Waals surface area (Å²) in [6.45, 7) is 0. The Morgan fingerprint density at radius 3 is 2.70 bits per heavy atom. The fourth-order valence-corrected chi connectivity index (χ4v) is 2.68. The van der Waals surface area contributed by atoms with Crippen LogP contribution in [0.3, 0.4) is 0 Å². The van der Waals surface area contributed by atoms with Crippen molar-refractivity contribution in [1.82, 2.24) is 4.98 Å². The Hall–Kier alpha value is -2.60. The zero-order valence-corrected chi connectivity index (χ0v) is 10.9. The fourth-order valence-electron chi connectivity index (χ4n) is 2.01. The number of thiophene rings is 1. The molecular weight excluding hydrogens is 278 g/mol. The molecule has 3 rings (SSSR count). The second-order valence-electron chi connectivity index (χ2n) is 4.21. The largest absolute Gasteiger partial charge is 0.508 e. The second kappa shape index (κ2) is 4.50. The molecule has 0 bridgehead atoms. The van der Waals surface area contributed by atoms with Gasteiger partial charge in [-0.1, -0.05) is 6.07 Å². The van der Waals surface area contributed by atoms with Gasteiger partial charge in [-0.25, -0.2) is 0 Å². The zero-order chi connectivity index (χ0) is 14.3. The minimum absolute atomic E-state index is 0.0608. The average molecular weight is 287 g/mol. The summed E-state index contributed by atoms with van der Waals surface area (Å²) in [5, 5.41) is 21.6. The van der Waals surface area contributed by atoms with Gasteiger partial charge >= 0.3 is 0 Å². The molecule has 2 heterocycles. The van der Waals surface area contributed by atoms with Crippen molar-refractivity contribution in [1.29, 1.82) is 0 Å². The van der Waals surface area contributed by atoms with Crippen molar-refractivity contribution in [3.8, 4) is 11.5 Å². The van der Waals surface area contributed by atoms with Gasteiger partial charge in [0.05, 0.1) is 10.4 Å². The van der Waals surface area contributed by atoms with E-state index >= 15 is 0 Å².